The van der Waals surface area contributed by atoms with E-state index in [-0.39, 0.29) is 0 Å². The van der Waals surface area contributed by atoms with Crippen molar-refractivity contribution >= 4 is 22.8 Å². The first-order chi connectivity index (χ1) is 8.27. The van der Waals surface area contributed by atoms with Crippen LogP contribution in [0.1, 0.15) is 31.2 Å². The Balaban J connectivity index is 2.50. The molecule has 0 N–H and O–H groups in total. The fourth-order valence-electron chi connectivity index (χ4n) is 2.01. The topological polar surface area (TPSA) is 30.7 Å². The van der Waals surface area contributed by atoms with Gasteiger partial charge in [-0.25, -0.2) is 9.97 Å². The van der Waals surface area contributed by atoms with Gasteiger partial charge in [-0.2, -0.15) is 0 Å². The Hall–Kier alpha value is -1.09. The van der Waals surface area contributed by atoms with Gasteiger partial charge in [0.2, 0.25) is 0 Å². The van der Waals surface area contributed by atoms with Crippen LogP contribution in [0.3, 0.4) is 0 Å². The van der Waals surface area contributed by atoms with Crippen LogP contribution in [0.4, 0.5) is 0 Å². The summed E-state index contributed by atoms with van der Waals surface area (Å²) in [5.74, 6) is 1.67. The summed E-state index contributed by atoms with van der Waals surface area (Å²) in [5.41, 5.74) is 3.20. The van der Waals surface area contributed by atoms with Crippen molar-refractivity contribution in [2.24, 2.45) is 0 Å². The van der Waals surface area contributed by atoms with Gasteiger partial charge in [-0.15, -0.1) is 11.6 Å². The quantitative estimate of drug-likeness (QED) is 0.764. The van der Waals surface area contributed by atoms with Crippen LogP contribution in [0.5, 0.6) is 0 Å². The van der Waals surface area contributed by atoms with Crippen molar-refractivity contribution < 1.29 is 0 Å². The molecular formula is C13H18ClN3. The molecule has 0 unspecified atom stereocenters. The first-order valence-electron chi connectivity index (χ1n) is 6.14. The monoisotopic (exact) mass is 251 g/mol. The molecule has 0 spiro atoms. The molecule has 0 radical (unpaired) electrons. The van der Waals surface area contributed by atoms with Crippen LogP contribution in [0.25, 0.3) is 11.2 Å². The van der Waals surface area contributed by atoms with E-state index < -0.39 is 0 Å². The number of aromatic nitrogens is 3. The first-order valence-corrected chi connectivity index (χ1v) is 6.68. The number of hydrogen-bond acceptors (Lipinski definition) is 2. The van der Waals surface area contributed by atoms with Gasteiger partial charge in [0.1, 0.15) is 11.3 Å². The average Bonchev–Trinajstić information content (AvgIpc) is 2.67. The molecule has 0 amide bonds. The van der Waals surface area contributed by atoms with E-state index in [2.05, 4.69) is 28.4 Å². The number of alkyl halides is 1. The third-order valence-electron chi connectivity index (χ3n) is 2.97. The highest BCUT2D eigenvalue weighted by atomic mass is 35.5. The number of aryl methyl sites for hydroxylation is 3. The van der Waals surface area contributed by atoms with Gasteiger partial charge in [-0.1, -0.05) is 13.3 Å². The van der Waals surface area contributed by atoms with E-state index in [4.69, 9.17) is 11.6 Å². The normalized spacial score (nSPS) is 11.2. The van der Waals surface area contributed by atoms with E-state index in [1.807, 2.05) is 12.3 Å². The zero-order valence-electron chi connectivity index (χ0n) is 10.4. The van der Waals surface area contributed by atoms with Crippen molar-refractivity contribution in [3.63, 3.8) is 0 Å². The standard InChI is InChI=1S/C13H18ClN3/c1-3-4-9-17-11(5-7-14)16-12-10(2)6-8-15-13(12)17/h6,8H,3-5,7,9H2,1-2H3. The maximum absolute atomic E-state index is 5.84. The summed E-state index contributed by atoms with van der Waals surface area (Å²) in [6.07, 6.45) is 4.98. The van der Waals surface area contributed by atoms with Crippen LogP contribution in [-0.2, 0) is 13.0 Å². The molecule has 2 aromatic rings. The zero-order valence-corrected chi connectivity index (χ0v) is 11.2. The summed E-state index contributed by atoms with van der Waals surface area (Å²) in [6, 6.07) is 2.00. The van der Waals surface area contributed by atoms with Crippen LogP contribution < -0.4 is 0 Å². The number of halogens is 1. The predicted molar refractivity (Wildman–Crippen MR) is 71.6 cm³/mol. The number of imidazole rings is 1. The molecule has 0 aromatic carbocycles. The fourth-order valence-corrected chi connectivity index (χ4v) is 2.18. The van der Waals surface area contributed by atoms with Gasteiger partial charge in [0.15, 0.2) is 5.65 Å². The highest BCUT2D eigenvalue weighted by molar-refractivity contribution is 6.17. The van der Waals surface area contributed by atoms with Gasteiger partial charge in [0.25, 0.3) is 0 Å². The summed E-state index contributed by atoms with van der Waals surface area (Å²) in [6.45, 7) is 5.25. The Kier molecular flexibility index (Phi) is 4.00. The van der Waals surface area contributed by atoms with E-state index in [0.717, 1.165) is 36.4 Å². The van der Waals surface area contributed by atoms with Crippen molar-refractivity contribution in [1.29, 1.82) is 0 Å². The number of fused-ring (bicyclic) bond motifs is 1. The molecule has 0 saturated carbocycles. The van der Waals surface area contributed by atoms with Gasteiger partial charge >= 0.3 is 0 Å². The molecule has 0 aliphatic carbocycles. The summed E-state index contributed by atoms with van der Waals surface area (Å²) in [7, 11) is 0. The van der Waals surface area contributed by atoms with E-state index in [1.165, 1.54) is 12.0 Å². The van der Waals surface area contributed by atoms with Gasteiger partial charge in [0.05, 0.1) is 0 Å². The van der Waals surface area contributed by atoms with Crippen molar-refractivity contribution in [2.45, 2.75) is 39.7 Å². The van der Waals surface area contributed by atoms with Gasteiger partial charge in [0, 0.05) is 25.0 Å². The molecule has 0 saturated heterocycles. The van der Waals surface area contributed by atoms with Crippen molar-refractivity contribution in [3.05, 3.63) is 23.7 Å². The number of unbranched alkanes of at least 4 members (excludes halogenated alkanes) is 1. The number of pyridine rings is 1. The predicted octanol–water partition coefficient (Wildman–Crippen LogP) is 3.32. The van der Waals surface area contributed by atoms with Crippen LogP contribution in [0.2, 0.25) is 0 Å². The second-order valence-electron chi connectivity index (χ2n) is 4.27. The minimum Gasteiger partial charge on any atom is -0.313 e. The lowest BCUT2D eigenvalue weighted by molar-refractivity contribution is 0.616. The molecule has 0 bridgehead atoms. The summed E-state index contributed by atoms with van der Waals surface area (Å²) in [5, 5.41) is 0. The molecule has 3 nitrogen and oxygen atoms in total. The molecular weight excluding hydrogens is 234 g/mol. The van der Waals surface area contributed by atoms with E-state index in [0.29, 0.717) is 5.88 Å². The largest absolute Gasteiger partial charge is 0.313 e. The third kappa shape index (κ3) is 2.44. The van der Waals surface area contributed by atoms with E-state index in [1.54, 1.807) is 0 Å². The second kappa shape index (κ2) is 5.50. The zero-order chi connectivity index (χ0) is 12.3. The van der Waals surface area contributed by atoms with E-state index in [9.17, 15) is 0 Å². The molecule has 17 heavy (non-hydrogen) atoms. The van der Waals surface area contributed by atoms with Gasteiger partial charge in [-0.3, -0.25) is 0 Å². The SMILES string of the molecule is CCCCn1c(CCCl)nc2c(C)ccnc21. The molecule has 0 aliphatic rings. The van der Waals surface area contributed by atoms with Crippen LogP contribution in [0.15, 0.2) is 12.3 Å². The summed E-state index contributed by atoms with van der Waals surface area (Å²) < 4.78 is 2.22. The molecule has 0 fully saturated rings. The van der Waals surface area contributed by atoms with Crippen LogP contribution in [0, 0.1) is 6.92 Å². The minimum atomic E-state index is 0.606. The lowest BCUT2D eigenvalue weighted by atomic mass is 10.3. The number of rotatable bonds is 5. The second-order valence-corrected chi connectivity index (χ2v) is 4.65. The molecule has 2 aromatic heterocycles. The molecule has 0 atom stereocenters. The lowest BCUT2D eigenvalue weighted by Gasteiger charge is -2.06. The smallest absolute Gasteiger partial charge is 0.160 e. The Morgan fingerprint density at radius 2 is 2.24 bits per heavy atom. The summed E-state index contributed by atoms with van der Waals surface area (Å²) >= 11 is 5.84. The maximum atomic E-state index is 5.84. The Labute approximate surface area is 107 Å². The maximum Gasteiger partial charge on any atom is 0.160 e. The Morgan fingerprint density at radius 1 is 1.41 bits per heavy atom. The molecule has 2 rings (SSSR count). The molecule has 92 valence electrons. The highest BCUT2D eigenvalue weighted by Gasteiger charge is 2.12. The van der Waals surface area contributed by atoms with Gasteiger partial charge < -0.3 is 4.57 Å². The Morgan fingerprint density at radius 3 is 2.94 bits per heavy atom. The number of hydrogen-bond donors (Lipinski definition) is 0. The highest BCUT2D eigenvalue weighted by Crippen LogP contribution is 2.18. The Bertz CT molecular complexity index is 505. The minimum absolute atomic E-state index is 0.606. The van der Waals surface area contributed by atoms with Crippen LogP contribution >= 0.6 is 11.6 Å². The van der Waals surface area contributed by atoms with E-state index >= 15 is 0 Å². The molecule has 2 heterocycles. The lowest BCUT2D eigenvalue weighted by Crippen LogP contribution is -2.05. The van der Waals surface area contributed by atoms with Crippen LogP contribution in [-0.4, -0.2) is 20.4 Å². The van der Waals surface area contributed by atoms with Gasteiger partial charge in [-0.05, 0) is 25.0 Å². The van der Waals surface area contributed by atoms with Crippen molar-refractivity contribution in [1.82, 2.24) is 14.5 Å². The van der Waals surface area contributed by atoms with Crippen molar-refractivity contribution in [3.8, 4) is 0 Å². The van der Waals surface area contributed by atoms with Crippen molar-refractivity contribution in [2.75, 3.05) is 5.88 Å². The average molecular weight is 252 g/mol. The first kappa shape index (κ1) is 12.4. The summed E-state index contributed by atoms with van der Waals surface area (Å²) in [4.78, 5) is 9.13. The fraction of sp³-hybridized carbons (Fsp3) is 0.538. The molecule has 0 aliphatic heterocycles. The third-order valence-corrected chi connectivity index (χ3v) is 3.16. The number of nitrogens with zero attached hydrogens (tertiary/aromatic N) is 3. The molecule has 4 heteroatoms.